The first-order chi connectivity index (χ1) is 11.6. The second kappa shape index (κ2) is 4.38. The summed E-state index contributed by atoms with van der Waals surface area (Å²) < 4.78 is 5.89. The molecule has 5 nitrogen and oxygen atoms in total. The second-order valence-electron chi connectivity index (χ2n) is 9.92. The molecule has 4 aliphatic carbocycles. The Morgan fingerprint density at radius 3 is 2.64 bits per heavy atom. The highest BCUT2D eigenvalue weighted by atomic mass is 16.6. The maximum Gasteiger partial charge on any atom is 0.205 e. The Morgan fingerprint density at radius 1 is 1.20 bits per heavy atom. The van der Waals surface area contributed by atoms with Gasteiger partial charge < -0.3 is 20.1 Å². The van der Waals surface area contributed by atoms with E-state index in [4.69, 9.17) is 4.74 Å². The van der Waals surface area contributed by atoms with Crippen LogP contribution in [-0.4, -0.2) is 45.7 Å². The molecule has 0 aromatic rings. The summed E-state index contributed by atoms with van der Waals surface area (Å²) in [6, 6.07) is 0. The molecule has 0 aromatic carbocycles. The molecule has 6 rings (SSSR count). The molecule has 25 heavy (non-hydrogen) atoms. The van der Waals surface area contributed by atoms with Gasteiger partial charge in [-0.2, -0.15) is 0 Å². The first-order valence-electron chi connectivity index (χ1n) is 9.59. The fourth-order valence-corrected chi connectivity index (χ4v) is 7.82. The summed E-state index contributed by atoms with van der Waals surface area (Å²) in [7, 11) is 0. The van der Waals surface area contributed by atoms with Crippen molar-refractivity contribution in [2.75, 3.05) is 6.61 Å². The Labute approximate surface area is 148 Å². The zero-order valence-electron chi connectivity index (χ0n) is 15.0. The quantitative estimate of drug-likeness (QED) is 0.576. The zero-order chi connectivity index (χ0) is 18.0. The van der Waals surface area contributed by atoms with Crippen molar-refractivity contribution < 1.29 is 24.9 Å². The van der Waals surface area contributed by atoms with Crippen molar-refractivity contribution >= 4 is 5.78 Å². The van der Waals surface area contributed by atoms with Crippen LogP contribution in [0.4, 0.5) is 0 Å². The number of aliphatic hydroxyl groups is 3. The molecule has 4 bridgehead atoms. The fourth-order valence-electron chi connectivity index (χ4n) is 7.82. The predicted molar refractivity (Wildman–Crippen MR) is 89.3 cm³/mol. The molecule has 2 aliphatic heterocycles. The molecule has 3 N–H and O–H groups in total. The standard InChI is InChI=1S/C20H28O5/c1-10-11-4-5-12-18-9-25-20(24,19(12,8-11)15(10)22)16(23)14(18)17(2,3)7-6-13(18)21/h11-14,16,21,23-24H,1,4-9H2,2-3H3/t11-,12-,13-,14+,16-,18+,19-,20+/m0/s1. The van der Waals surface area contributed by atoms with Crippen molar-refractivity contribution in [3.8, 4) is 0 Å². The third kappa shape index (κ3) is 1.44. The maximum absolute atomic E-state index is 13.3. The van der Waals surface area contributed by atoms with E-state index in [9.17, 15) is 20.1 Å². The van der Waals surface area contributed by atoms with Crippen LogP contribution in [0, 0.1) is 34.0 Å². The average Bonchev–Trinajstić information content (AvgIpc) is 2.75. The molecule has 5 heteroatoms. The molecule has 0 unspecified atom stereocenters. The van der Waals surface area contributed by atoms with Crippen LogP contribution >= 0.6 is 0 Å². The lowest BCUT2D eigenvalue weighted by atomic mass is 9.36. The molecule has 6 fully saturated rings. The highest BCUT2D eigenvalue weighted by Gasteiger charge is 2.84. The minimum absolute atomic E-state index is 0.0616. The number of Topliss-reactive ketones (excluding diaryl/α,β-unsaturated/α-hetero) is 1. The van der Waals surface area contributed by atoms with Crippen LogP contribution in [0.2, 0.25) is 0 Å². The minimum atomic E-state index is -1.87. The van der Waals surface area contributed by atoms with Gasteiger partial charge in [-0.3, -0.25) is 4.79 Å². The van der Waals surface area contributed by atoms with Gasteiger partial charge in [0.2, 0.25) is 5.79 Å². The third-order valence-electron chi connectivity index (χ3n) is 8.81. The van der Waals surface area contributed by atoms with E-state index in [-0.39, 0.29) is 35.6 Å². The number of fused-ring (bicyclic) bond motifs is 2. The minimum Gasteiger partial charge on any atom is -0.392 e. The number of carbonyl (C=O) groups excluding carboxylic acids is 1. The Hall–Kier alpha value is -0.750. The van der Waals surface area contributed by atoms with Crippen molar-refractivity contribution in [1.29, 1.82) is 0 Å². The van der Waals surface area contributed by atoms with Crippen LogP contribution in [0.1, 0.15) is 46.0 Å². The van der Waals surface area contributed by atoms with Gasteiger partial charge in [-0.05, 0) is 54.9 Å². The molecular weight excluding hydrogens is 320 g/mol. The summed E-state index contributed by atoms with van der Waals surface area (Å²) in [6.45, 7) is 8.41. The molecule has 8 atom stereocenters. The lowest BCUT2D eigenvalue weighted by molar-refractivity contribution is -0.448. The van der Waals surface area contributed by atoms with Crippen molar-refractivity contribution in [3.63, 3.8) is 0 Å². The summed E-state index contributed by atoms with van der Waals surface area (Å²) in [6.07, 6.45) is 1.77. The van der Waals surface area contributed by atoms with E-state index in [0.717, 1.165) is 19.3 Å². The molecule has 0 radical (unpaired) electrons. The molecule has 0 amide bonds. The van der Waals surface area contributed by atoms with E-state index in [1.807, 2.05) is 0 Å². The zero-order valence-corrected chi connectivity index (χ0v) is 15.0. The maximum atomic E-state index is 13.3. The van der Waals surface area contributed by atoms with Crippen LogP contribution in [0.3, 0.4) is 0 Å². The van der Waals surface area contributed by atoms with Gasteiger partial charge in [0.1, 0.15) is 6.10 Å². The van der Waals surface area contributed by atoms with Crippen LogP contribution in [-0.2, 0) is 9.53 Å². The topological polar surface area (TPSA) is 87.0 Å². The largest absolute Gasteiger partial charge is 0.392 e. The molecular formula is C20H28O5. The number of allylic oxidation sites excluding steroid dienone is 1. The second-order valence-corrected chi connectivity index (χ2v) is 9.92. The van der Waals surface area contributed by atoms with Crippen LogP contribution < -0.4 is 0 Å². The number of carbonyl (C=O) groups is 1. The molecule has 0 aromatic heterocycles. The summed E-state index contributed by atoms with van der Waals surface area (Å²) in [5.74, 6) is -2.39. The number of rotatable bonds is 0. The number of ether oxygens (including phenoxy) is 1. The third-order valence-corrected chi connectivity index (χ3v) is 8.81. The lowest BCUT2D eigenvalue weighted by Crippen LogP contribution is -2.83. The molecule has 2 saturated heterocycles. The van der Waals surface area contributed by atoms with Crippen molar-refractivity contribution in [3.05, 3.63) is 12.2 Å². The summed E-state index contributed by atoms with van der Waals surface area (Å²) in [4.78, 5) is 13.3. The average molecular weight is 348 g/mol. The van der Waals surface area contributed by atoms with Crippen molar-refractivity contribution in [1.82, 2.24) is 0 Å². The van der Waals surface area contributed by atoms with E-state index < -0.39 is 28.8 Å². The van der Waals surface area contributed by atoms with Crippen LogP contribution in [0.25, 0.3) is 0 Å². The Morgan fingerprint density at radius 2 is 1.92 bits per heavy atom. The van der Waals surface area contributed by atoms with Gasteiger partial charge in [-0.1, -0.05) is 20.4 Å². The van der Waals surface area contributed by atoms with Gasteiger partial charge in [-0.25, -0.2) is 0 Å². The SMILES string of the molecule is C=C1C(=O)[C@]23C[C@@H]1CC[C@H]2[C@@]12CO[C@]3(O)[C@@H](O)[C@@H]1C(C)(C)CC[C@@H]2O. The van der Waals surface area contributed by atoms with E-state index in [2.05, 4.69) is 20.4 Å². The number of aliphatic hydroxyl groups excluding tert-OH is 2. The molecule has 2 heterocycles. The van der Waals surface area contributed by atoms with E-state index in [1.165, 1.54) is 0 Å². The van der Waals surface area contributed by atoms with Gasteiger partial charge in [-0.15, -0.1) is 0 Å². The van der Waals surface area contributed by atoms with E-state index in [1.54, 1.807) is 0 Å². The number of hydrogen-bond acceptors (Lipinski definition) is 5. The molecule has 2 spiro atoms. The molecule has 4 saturated carbocycles. The van der Waals surface area contributed by atoms with Gasteiger partial charge in [0, 0.05) is 11.3 Å². The summed E-state index contributed by atoms with van der Waals surface area (Å²) in [5.41, 5.74) is -1.48. The fraction of sp³-hybridized carbons (Fsp3) is 0.850. The number of hydrogen-bond donors (Lipinski definition) is 3. The Kier molecular flexibility index (Phi) is 2.88. The molecule has 138 valence electrons. The smallest absolute Gasteiger partial charge is 0.205 e. The molecule has 6 aliphatic rings. The van der Waals surface area contributed by atoms with Crippen molar-refractivity contribution in [2.24, 2.45) is 34.0 Å². The highest BCUT2D eigenvalue weighted by molar-refractivity contribution is 6.04. The van der Waals surface area contributed by atoms with Gasteiger partial charge in [0.25, 0.3) is 0 Å². The normalized spacial score (nSPS) is 58.8. The van der Waals surface area contributed by atoms with Crippen LogP contribution in [0.15, 0.2) is 12.2 Å². The first kappa shape index (κ1) is 16.4. The monoisotopic (exact) mass is 348 g/mol. The Bertz CT molecular complexity index is 686. The van der Waals surface area contributed by atoms with E-state index in [0.29, 0.717) is 18.4 Å². The predicted octanol–water partition coefficient (Wildman–Crippen LogP) is 1.40. The summed E-state index contributed by atoms with van der Waals surface area (Å²) >= 11 is 0. The van der Waals surface area contributed by atoms with Gasteiger partial charge in [0.05, 0.1) is 18.1 Å². The van der Waals surface area contributed by atoms with E-state index >= 15 is 0 Å². The Balaban J connectivity index is 1.79. The lowest BCUT2D eigenvalue weighted by Gasteiger charge is -2.74. The highest BCUT2D eigenvalue weighted by Crippen LogP contribution is 2.76. The number of ketones is 1. The first-order valence-corrected chi connectivity index (χ1v) is 9.59. The van der Waals surface area contributed by atoms with Gasteiger partial charge >= 0.3 is 0 Å². The van der Waals surface area contributed by atoms with Gasteiger partial charge in [0.15, 0.2) is 5.78 Å². The van der Waals surface area contributed by atoms with Crippen LogP contribution in [0.5, 0.6) is 0 Å². The summed E-state index contributed by atoms with van der Waals surface area (Å²) in [5, 5.41) is 34.0. The van der Waals surface area contributed by atoms with Crippen molar-refractivity contribution in [2.45, 2.75) is 63.9 Å².